The molecule has 2 nitrogen and oxygen atoms in total. The second-order valence-electron chi connectivity index (χ2n) is 6.18. The van der Waals surface area contributed by atoms with E-state index in [-0.39, 0.29) is 5.41 Å². The van der Waals surface area contributed by atoms with Gasteiger partial charge in [-0.05, 0) is 35.4 Å². The fraction of sp³-hybridized carbons (Fsp3) is 0.250. The topological polar surface area (TPSA) is 17.8 Å². The summed E-state index contributed by atoms with van der Waals surface area (Å²) >= 11 is 5.83. The quantitative estimate of drug-likeness (QED) is 0.507. The van der Waals surface area contributed by atoms with Crippen molar-refractivity contribution in [2.75, 3.05) is 5.88 Å². The molecule has 0 saturated heterocycles. The highest BCUT2D eigenvalue weighted by Gasteiger charge is 2.23. The Bertz CT molecular complexity index is 867. The Labute approximate surface area is 142 Å². The predicted molar refractivity (Wildman–Crippen MR) is 97.0 cm³/mol. The third-order valence-electron chi connectivity index (χ3n) is 4.43. The second kappa shape index (κ2) is 6.10. The van der Waals surface area contributed by atoms with E-state index in [0.29, 0.717) is 5.88 Å². The molecule has 0 aliphatic carbocycles. The maximum absolute atomic E-state index is 5.83. The summed E-state index contributed by atoms with van der Waals surface area (Å²) in [5.41, 5.74) is 4.42. The smallest absolute Gasteiger partial charge is 0.0683 e. The van der Waals surface area contributed by atoms with Crippen molar-refractivity contribution in [3.8, 4) is 12.3 Å². The number of alkyl halides is 1. The third kappa shape index (κ3) is 2.85. The number of terminal acetylenes is 1. The van der Waals surface area contributed by atoms with Crippen molar-refractivity contribution in [3.63, 3.8) is 0 Å². The Morgan fingerprint density at radius 3 is 2.48 bits per heavy atom. The largest absolute Gasteiger partial charge is 0.264 e. The molecule has 0 radical (unpaired) electrons. The van der Waals surface area contributed by atoms with E-state index in [1.165, 1.54) is 11.1 Å². The van der Waals surface area contributed by atoms with Crippen LogP contribution in [0.15, 0.2) is 48.7 Å². The molecule has 23 heavy (non-hydrogen) atoms. The highest BCUT2D eigenvalue weighted by molar-refractivity contribution is 6.17. The minimum atomic E-state index is -0.101. The number of hydrogen-bond donors (Lipinski definition) is 0. The molecule has 0 fully saturated rings. The summed E-state index contributed by atoms with van der Waals surface area (Å²) in [6.45, 7) is 5.17. The maximum Gasteiger partial charge on any atom is 0.0683 e. The molecule has 2 aromatic carbocycles. The molecule has 0 bridgehead atoms. The van der Waals surface area contributed by atoms with E-state index in [0.717, 1.165) is 23.0 Å². The average Bonchev–Trinajstić information content (AvgIpc) is 2.97. The molecular formula is C20H19ClN2. The van der Waals surface area contributed by atoms with Crippen LogP contribution in [0, 0.1) is 12.3 Å². The Morgan fingerprint density at radius 1 is 1.13 bits per heavy atom. The van der Waals surface area contributed by atoms with E-state index >= 15 is 0 Å². The molecule has 0 aliphatic rings. The number of nitrogens with zero attached hydrogens (tertiary/aromatic N) is 2. The summed E-state index contributed by atoms with van der Waals surface area (Å²) in [6.07, 6.45) is 7.35. The number of benzene rings is 2. The fourth-order valence-corrected chi connectivity index (χ4v) is 3.04. The third-order valence-corrected chi connectivity index (χ3v) is 4.60. The first-order valence-corrected chi connectivity index (χ1v) is 8.19. The molecule has 0 unspecified atom stereocenters. The van der Waals surface area contributed by atoms with E-state index < -0.39 is 0 Å². The van der Waals surface area contributed by atoms with E-state index in [9.17, 15) is 0 Å². The fourth-order valence-electron chi connectivity index (χ4n) is 2.88. The van der Waals surface area contributed by atoms with Gasteiger partial charge in [-0.1, -0.05) is 38.0 Å². The summed E-state index contributed by atoms with van der Waals surface area (Å²) < 4.78 is 1.95. The van der Waals surface area contributed by atoms with Gasteiger partial charge in [0.2, 0.25) is 0 Å². The summed E-state index contributed by atoms with van der Waals surface area (Å²) in [4.78, 5) is 0. The van der Waals surface area contributed by atoms with E-state index in [1.54, 1.807) is 0 Å². The van der Waals surface area contributed by atoms with Gasteiger partial charge in [-0.2, -0.15) is 5.10 Å². The lowest BCUT2D eigenvalue weighted by Crippen LogP contribution is -2.18. The maximum atomic E-state index is 5.83. The van der Waals surface area contributed by atoms with Gasteiger partial charge >= 0.3 is 0 Å². The summed E-state index contributed by atoms with van der Waals surface area (Å²) in [7, 11) is 0. The number of halogens is 1. The zero-order valence-electron chi connectivity index (χ0n) is 13.4. The molecular weight excluding hydrogens is 304 g/mol. The van der Waals surface area contributed by atoms with E-state index in [4.69, 9.17) is 18.0 Å². The van der Waals surface area contributed by atoms with Crippen molar-refractivity contribution in [1.82, 2.24) is 9.78 Å². The highest BCUT2D eigenvalue weighted by atomic mass is 35.5. The van der Waals surface area contributed by atoms with Crippen LogP contribution in [-0.2, 0) is 12.0 Å². The Balaban J connectivity index is 2.01. The van der Waals surface area contributed by atoms with Crippen molar-refractivity contribution in [2.45, 2.75) is 25.8 Å². The number of rotatable bonds is 4. The van der Waals surface area contributed by atoms with Gasteiger partial charge in [0.25, 0.3) is 0 Å². The Morgan fingerprint density at radius 2 is 1.83 bits per heavy atom. The van der Waals surface area contributed by atoms with Crippen molar-refractivity contribution in [1.29, 1.82) is 0 Å². The van der Waals surface area contributed by atoms with Gasteiger partial charge in [0.1, 0.15) is 0 Å². The van der Waals surface area contributed by atoms with E-state index in [1.807, 2.05) is 23.0 Å². The number of aromatic nitrogens is 2. The lowest BCUT2D eigenvalue weighted by Gasteiger charge is -2.26. The van der Waals surface area contributed by atoms with Crippen LogP contribution in [-0.4, -0.2) is 15.7 Å². The number of hydrogen-bond acceptors (Lipinski definition) is 1. The molecule has 0 N–H and O–H groups in total. The summed E-state index contributed by atoms with van der Waals surface area (Å²) in [6, 6.07) is 14.7. The Kier molecular flexibility index (Phi) is 4.15. The molecule has 1 aromatic heterocycles. The molecule has 0 spiro atoms. The van der Waals surface area contributed by atoms with Crippen molar-refractivity contribution in [2.24, 2.45) is 0 Å². The van der Waals surface area contributed by atoms with Crippen LogP contribution in [0.3, 0.4) is 0 Å². The lowest BCUT2D eigenvalue weighted by atomic mass is 9.77. The second-order valence-corrected chi connectivity index (χ2v) is 6.55. The van der Waals surface area contributed by atoms with Gasteiger partial charge in [-0.25, -0.2) is 0 Å². The molecule has 3 aromatic rings. The summed E-state index contributed by atoms with van der Waals surface area (Å²) in [5, 5.41) is 5.55. The molecule has 0 aliphatic heterocycles. The molecule has 3 rings (SSSR count). The first kappa shape index (κ1) is 15.6. The van der Waals surface area contributed by atoms with Gasteiger partial charge in [0, 0.05) is 22.2 Å². The van der Waals surface area contributed by atoms with Crippen molar-refractivity contribution < 1.29 is 0 Å². The van der Waals surface area contributed by atoms with Crippen LogP contribution in [0.5, 0.6) is 0 Å². The molecule has 116 valence electrons. The van der Waals surface area contributed by atoms with Gasteiger partial charge in [-0.3, -0.25) is 4.68 Å². The summed E-state index contributed by atoms with van der Waals surface area (Å²) in [5.74, 6) is 3.22. The predicted octanol–water partition coefficient (Wildman–Crippen LogP) is 4.58. The van der Waals surface area contributed by atoms with Crippen molar-refractivity contribution >= 4 is 22.5 Å². The zero-order valence-corrected chi connectivity index (χ0v) is 14.1. The number of fused-ring (bicyclic) bond motifs is 1. The zero-order chi connectivity index (χ0) is 16.4. The van der Waals surface area contributed by atoms with Gasteiger partial charge in [0.05, 0.1) is 18.3 Å². The molecule has 3 heteroatoms. The molecule has 0 atom stereocenters. The lowest BCUT2D eigenvalue weighted by molar-refractivity contribution is 0.641. The first-order chi connectivity index (χ1) is 11.1. The molecule has 0 saturated carbocycles. The van der Waals surface area contributed by atoms with Crippen LogP contribution in [0.25, 0.3) is 10.9 Å². The average molecular weight is 323 g/mol. The standard InChI is InChI=1S/C20H19ClN2/c1-4-15-5-7-17(8-6-15)20(2,3)18-9-10-19-16(13-18)14-22-23(19)12-11-21/h1,5-10,13-14H,11-12H2,2-3H3. The first-order valence-electron chi connectivity index (χ1n) is 7.65. The SMILES string of the molecule is C#Cc1ccc(C(C)(C)c2ccc3c(cnn3CCCl)c2)cc1. The van der Waals surface area contributed by atoms with Crippen LogP contribution >= 0.6 is 11.6 Å². The Hall–Kier alpha value is -2.24. The normalized spacial score (nSPS) is 11.6. The van der Waals surface area contributed by atoms with Gasteiger partial charge < -0.3 is 0 Å². The van der Waals surface area contributed by atoms with Gasteiger partial charge in [-0.15, -0.1) is 18.0 Å². The van der Waals surface area contributed by atoms with Crippen LogP contribution in [0.2, 0.25) is 0 Å². The highest BCUT2D eigenvalue weighted by Crippen LogP contribution is 2.33. The molecule has 1 heterocycles. The molecule has 0 amide bonds. The van der Waals surface area contributed by atoms with Crippen LogP contribution in [0.1, 0.15) is 30.5 Å². The van der Waals surface area contributed by atoms with Gasteiger partial charge in [0.15, 0.2) is 0 Å². The van der Waals surface area contributed by atoms with Crippen LogP contribution < -0.4 is 0 Å². The number of aryl methyl sites for hydroxylation is 1. The van der Waals surface area contributed by atoms with Crippen LogP contribution in [0.4, 0.5) is 0 Å². The van der Waals surface area contributed by atoms with E-state index in [2.05, 4.69) is 55.2 Å². The monoisotopic (exact) mass is 322 g/mol. The minimum Gasteiger partial charge on any atom is -0.264 e. The van der Waals surface area contributed by atoms with Crippen molar-refractivity contribution in [3.05, 3.63) is 65.4 Å². The minimum absolute atomic E-state index is 0.101.